The second kappa shape index (κ2) is 8.24. The first-order valence-corrected chi connectivity index (χ1v) is 9.97. The van der Waals surface area contributed by atoms with Crippen LogP contribution >= 0.6 is 0 Å². The summed E-state index contributed by atoms with van der Waals surface area (Å²) in [5, 5.41) is 4.55. The number of rotatable bonds is 5. The highest BCUT2D eigenvalue weighted by molar-refractivity contribution is 5.77. The summed E-state index contributed by atoms with van der Waals surface area (Å²) in [6, 6.07) is 36.6. The molecule has 2 heteroatoms. The van der Waals surface area contributed by atoms with Crippen LogP contribution in [0.1, 0.15) is 16.7 Å². The minimum atomic E-state index is 1.11. The summed E-state index contributed by atoms with van der Waals surface area (Å²) in [7, 11) is 0. The normalized spacial score (nSPS) is 10.6. The van der Waals surface area contributed by atoms with Crippen LogP contribution in [0.5, 0.6) is 0 Å². The fourth-order valence-electron chi connectivity index (χ4n) is 3.39. The van der Waals surface area contributed by atoms with Gasteiger partial charge in [-0.05, 0) is 69.3 Å². The molecule has 0 bridgehead atoms. The van der Waals surface area contributed by atoms with Crippen molar-refractivity contribution in [3.63, 3.8) is 0 Å². The maximum atomic E-state index is 2.28. The monoisotopic (exact) mass is 378 g/mol. The molecule has 0 radical (unpaired) electrons. The van der Waals surface area contributed by atoms with Crippen LogP contribution in [0.25, 0.3) is 0 Å². The van der Waals surface area contributed by atoms with Crippen molar-refractivity contribution in [2.45, 2.75) is 20.8 Å². The fraction of sp³-hybridized carbons (Fsp3) is 0.111. The molecule has 0 aromatic heterocycles. The molecule has 0 saturated heterocycles. The Hall–Kier alpha value is -3.52. The molecule has 0 aliphatic carbocycles. The first kappa shape index (κ1) is 18.8. The molecule has 29 heavy (non-hydrogen) atoms. The molecule has 0 unspecified atom stereocenters. The molecule has 4 aromatic carbocycles. The molecule has 4 rings (SSSR count). The van der Waals surface area contributed by atoms with E-state index in [1.807, 2.05) is 0 Å². The molecule has 0 atom stereocenters. The van der Waals surface area contributed by atoms with Gasteiger partial charge < -0.3 is 0 Å². The van der Waals surface area contributed by atoms with E-state index in [4.69, 9.17) is 0 Å². The Labute approximate surface area is 173 Å². The number of aryl methyl sites for hydroxylation is 3. The van der Waals surface area contributed by atoms with Gasteiger partial charge in [-0.1, -0.05) is 71.3 Å². The van der Waals surface area contributed by atoms with E-state index in [9.17, 15) is 0 Å². The number of hydrogen-bond acceptors (Lipinski definition) is 2. The van der Waals surface area contributed by atoms with E-state index < -0.39 is 0 Å². The first-order valence-electron chi connectivity index (χ1n) is 9.97. The summed E-state index contributed by atoms with van der Waals surface area (Å²) < 4.78 is 0. The van der Waals surface area contributed by atoms with Crippen LogP contribution in [-0.2, 0) is 0 Å². The smallest absolute Gasteiger partial charge is 0.0637 e. The van der Waals surface area contributed by atoms with Crippen LogP contribution in [-0.4, -0.2) is 0 Å². The topological polar surface area (TPSA) is 6.48 Å². The predicted octanol–water partition coefficient (Wildman–Crippen LogP) is 7.50. The van der Waals surface area contributed by atoms with E-state index in [1.54, 1.807) is 0 Å². The van der Waals surface area contributed by atoms with Crippen molar-refractivity contribution in [2.24, 2.45) is 0 Å². The highest BCUT2D eigenvalue weighted by Gasteiger charge is 2.21. The number of benzene rings is 4. The van der Waals surface area contributed by atoms with Gasteiger partial charge >= 0.3 is 0 Å². The minimum Gasteiger partial charge on any atom is -0.249 e. The fourth-order valence-corrected chi connectivity index (χ4v) is 3.39. The highest BCUT2D eigenvalue weighted by atomic mass is 15.6. The van der Waals surface area contributed by atoms with E-state index in [0.717, 1.165) is 22.7 Å². The number of hydrazine groups is 1. The molecule has 4 aromatic rings. The largest absolute Gasteiger partial charge is 0.249 e. The molecular formula is C27H26N2. The minimum absolute atomic E-state index is 1.11. The van der Waals surface area contributed by atoms with Crippen molar-refractivity contribution in [1.82, 2.24) is 0 Å². The molecule has 2 nitrogen and oxygen atoms in total. The van der Waals surface area contributed by atoms with Crippen LogP contribution in [0, 0.1) is 20.8 Å². The van der Waals surface area contributed by atoms with Crippen molar-refractivity contribution in [3.8, 4) is 0 Å². The lowest BCUT2D eigenvalue weighted by Crippen LogP contribution is -2.35. The first-order chi connectivity index (χ1) is 14.1. The average Bonchev–Trinajstić information content (AvgIpc) is 2.75. The lowest BCUT2D eigenvalue weighted by Gasteiger charge is -2.38. The SMILES string of the molecule is Cc1ccc(N(c2ccccc2)N(c2ccc(C)cc2)c2ccc(C)cc2)cc1. The molecule has 144 valence electrons. The number of nitrogens with zero attached hydrogens (tertiary/aromatic N) is 2. The van der Waals surface area contributed by atoms with Gasteiger partial charge in [0.15, 0.2) is 0 Å². The maximum absolute atomic E-state index is 2.28. The molecule has 0 amide bonds. The Kier molecular flexibility index (Phi) is 5.35. The Morgan fingerprint density at radius 2 is 0.621 bits per heavy atom. The van der Waals surface area contributed by atoms with Gasteiger partial charge in [-0.25, -0.2) is 10.0 Å². The van der Waals surface area contributed by atoms with E-state index >= 15 is 0 Å². The van der Waals surface area contributed by atoms with E-state index in [-0.39, 0.29) is 0 Å². The molecule has 0 aliphatic rings. The van der Waals surface area contributed by atoms with Gasteiger partial charge in [0.1, 0.15) is 0 Å². The zero-order chi connectivity index (χ0) is 20.2. The summed E-state index contributed by atoms with van der Waals surface area (Å²) in [6.45, 7) is 6.36. The lowest BCUT2D eigenvalue weighted by atomic mass is 10.1. The molecule has 0 spiro atoms. The number of para-hydroxylation sites is 1. The Morgan fingerprint density at radius 1 is 0.345 bits per heavy atom. The second-order valence-electron chi connectivity index (χ2n) is 7.47. The van der Waals surface area contributed by atoms with Crippen molar-refractivity contribution >= 4 is 22.7 Å². The maximum Gasteiger partial charge on any atom is 0.0637 e. The third-order valence-electron chi connectivity index (χ3n) is 5.04. The van der Waals surface area contributed by atoms with Gasteiger partial charge in [-0.2, -0.15) is 0 Å². The van der Waals surface area contributed by atoms with Crippen LogP contribution in [0.2, 0.25) is 0 Å². The third-order valence-corrected chi connectivity index (χ3v) is 5.04. The van der Waals surface area contributed by atoms with Crippen molar-refractivity contribution in [3.05, 3.63) is 120 Å². The van der Waals surface area contributed by atoms with Gasteiger partial charge in [0.25, 0.3) is 0 Å². The summed E-state index contributed by atoms with van der Waals surface area (Å²) in [5.74, 6) is 0. The molecular weight excluding hydrogens is 352 g/mol. The van der Waals surface area contributed by atoms with Crippen LogP contribution in [0.15, 0.2) is 103 Å². The summed E-state index contributed by atoms with van der Waals surface area (Å²) in [6.07, 6.45) is 0. The van der Waals surface area contributed by atoms with E-state index in [1.165, 1.54) is 16.7 Å². The number of anilines is 4. The van der Waals surface area contributed by atoms with Crippen LogP contribution in [0.4, 0.5) is 22.7 Å². The van der Waals surface area contributed by atoms with Gasteiger partial charge in [0.2, 0.25) is 0 Å². The van der Waals surface area contributed by atoms with Gasteiger partial charge in [0, 0.05) is 0 Å². The van der Waals surface area contributed by atoms with Gasteiger partial charge in [-0.3, -0.25) is 0 Å². The number of hydrogen-bond donors (Lipinski definition) is 0. The third kappa shape index (κ3) is 4.17. The van der Waals surface area contributed by atoms with E-state index in [2.05, 4.69) is 134 Å². The summed E-state index contributed by atoms with van der Waals surface area (Å²) >= 11 is 0. The zero-order valence-corrected chi connectivity index (χ0v) is 17.2. The standard InChI is InChI=1S/C27H26N2/c1-21-9-15-25(16-10-21)28(24-7-5-4-6-8-24)29(26-17-11-22(2)12-18-26)27-19-13-23(3)14-20-27/h4-20H,1-3H3. The van der Waals surface area contributed by atoms with Gasteiger partial charge in [-0.15, -0.1) is 0 Å². The Morgan fingerprint density at radius 3 is 0.931 bits per heavy atom. The van der Waals surface area contributed by atoms with Crippen molar-refractivity contribution < 1.29 is 0 Å². The molecule has 0 saturated carbocycles. The molecule has 0 fully saturated rings. The Balaban J connectivity index is 1.93. The second-order valence-corrected chi connectivity index (χ2v) is 7.47. The molecule has 0 heterocycles. The van der Waals surface area contributed by atoms with Crippen molar-refractivity contribution in [1.29, 1.82) is 0 Å². The highest BCUT2D eigenvalue weighted by Crippen LogP contribution is 2.36. The Bertz CT molecular complexity index is 1000. The van der Waals surface area contributed by atoms with Gasteiger partial charge in [0.05, 0.1) is 22.7 Å². The van der Waals surface area contributed by atoms with Crippen LogP contribution < -0.4 is 10.0 Å². The lowest BCUT2D eigenvalue weighted by molar-refractivity contribution is 0.988. The molecule has 0 N–H and O–H groups in total. The zero-order valence-electron chi connectivity index (χ0n) is 17.2. The summed E-state index contributed by atoms with van der Waals surface area (Å²) in [4.78, 5) is 0. The molecule has 0 aliphatic heterocycles. The van der Waals surface area contributed by atoms with E-state index in [0.29, 0.717) is 0 Å². The quantitative estimate of drug-likeness (QED) is 0.332. The van der Waals surface area contributed by atoms with Crippen molar-refractivity contribution in [2.75, 3.05) is 10.0 Å². The summed E-state index contributed by atoms with van der Waals surface area (Å²) in [5.41, 5.74) is 8.20. The predicted molar refractivity (Wildman–Crippen MR) is 124 cm³/mol. The average molecular weight is 379 g/mol. The van der Waals surface area contributed by atoms with Crippen LogP contribution in [0.3, 0.4) is 0 Å².